The summed E-state index contributed by atoms with van der Waals surface area (Å²) in [6.07, 6.45) is 3.06. The van der Waals surface area contributed by atoms with Crippen molar-refractivity contribution in [3.8, 4) is 0 Å². The zero-order valence-corrected chi connectivity index (χ0v) is 12.0. The van der Waals surface area contributed by atoms with E-state index in [-0.39, 0.29) is 17.5 Å². The molecule has 0 aliphatic rings. The maximum atomic E-state index is 13.0. The van der Waals surface area contributed by atoms with Crippen LogP contribution >= 0.6 is 27.5 Å². The number of hydrogen-bond acceptors (Lipinski definition) is 2. The lowest BCUT2D eigenvalue weighted by Crippen LogP contribution is -2.22. The zero-order valence-electron chi connectivity index (χ0n) is 9.66. The van der Waals surface area contributed by atoms with Crippen molar-refractivity contribution in [2.24, 2.45) is 0 Å². The molecular formula is C13H9BrClFN2O. The predicted molar refractivity (Wildman–Crippen MR) is 74.5 cm³/mol. The number of nitrogens with one attached hydrogen (secondary N) is 1. The molecule has 98 valence electrons. The molecule has 3 nitrogen and oxygen atoms in total. The van der Waals surface area contributed by atoms with Gasteiger partial charge in [0, 0.05) is 23.4 Å². The van der Waals surface area contributed by atoms with Crippen molar-refractivity contribution < 1.29 is 9.18 Å². The van der Waals surface area contributed by atoms with Crippen molar-refractivity contribution in [1.29, 1.82) is 0 Å². The van der Waals surface area contributed by atoms with E-state index < -0.39 is 5.82 Å². The largest absolute Gasteiger partial charge is 0.348 e. The number of amides is 1. The molecule has 0 saturated carbocycles. The Balaban J connectivity index is 2.02. The summed E-state index contributed by atoms with van der Waals surface area (Å²) in [7, 11) is 0. The van der Waals surface area contributed by atoms with Gasteiger partial charge in [0.2, 0.25) is 0 Å². The van der Waals surface area contributed by atoms with Gasteiger partial charge in [-0.1, -0.05) is 17.7 Å². The summed E-state index contributed by atoms with van der Waals surface area (Å²) in [5, 5.41) is 2.75. The molecule has 0 fully saturated rings. The van der Waals surface area contributed by atoms with Gasteiger partial charge < -0.3 is 5.32 Å². The summed E-state index contributed by atoms with van der Waals surface area (Å²) in [5.74, 6) is -0.734. The molecule has 1 heterocycles. The smallest absolute Gasteiger partial charge is 0.253 e. The third-order valence-electron chi connectivity index (χ3n) is 2.40. The highest BCUT2D eigenvalue weighted by atomic mass is 79.9. The molecule has 0 bridgehead atoms. The summed E-state index contributed by atoms with van der Waals surface area (Å²) in [6.45, 7) is 0.269. The van der Waals surface area contributed by atoms with Crippen LogP contribution in [0.2, 0.25) is 5.02 Å². The normalized spacial score (nSPS) is 10.3. The molecule has 1 aromatic heterocycles. The van der Waals surface area contributed by atoms with Gasteiger partial charge in [-0.15, -0.1) is 0 Å². The number of carbonyl (C=O) groups is 1. The van der Waals surface area contributed by atoms with Gasteiger partial charge in [0.25, 0.3) is 5.91 Å². The fourth-order valence-corrected chi connectivity index (χ4v) is 2.04. The molecule has 1 amide bonds. The van der Waals surface area contributed by atoms with Gasteiger partial charge in [-0.2, -0.15) is 0 Å². The molecule has 1 N–H and O–H groups in total. The molecule has 0 aliphatic heterocycles. The molecule has 1 aromatic carbocycles. The number of hydrogen-bond donors (Lipinski definition) is 1. The van der Waals surface area contributed by atoms with Crippen LogP contribution in [0.5, 0.6) is 0 Å². The number of nitrogens with zero attached hydrogens (tertiary/aromatic N) is 1. The highest BCUT2D eigenvalue weighted by Gasteiger charge is 2.07. The van der Waals surface area contributed by atoms with Crippen LogP contribution in [0.3, 0.4) is 0 Å². The number of rotatable bonds is 3. The van der Waals surface area contributed by atoms with Gasteiger partial charge in [-0.25, -0.2) is 4.39 Å². The first kappa shape index (κ1) is 14.0. The number of benzene rings is 1. The minimum Gasteiger partial charge on any atom is -0.348 e. The second kappa shape index (κ2) is 6.12. The third-order valence-corrected chi connectivity index (χ3v) is 3.13. The predicted octanol–water partition coefficient (Wildman–Crippen LogP) is 3.57. The van der Waals surface area contributed by atoms with Crippen LogP contribution in [-0.4, -0.2) is 10.9 Å². The highest BCUT2D eigenvalue weighted by Crippen LogP contribution is 2.16. The molecule has 0 atom stereocenters. The molecule has 19 heavy (non-hydrogen) atoms. The Morgan fingerprint density at radius 2 is 2.16 bits per heavy atom. The Morgan fingerprint density at radius 1 is 1.37 bits per heavy atom. The molecule has 0 radical (unpaired) electrons. The van der Waals surface area contributed by atoms with Crippen molar-refractivity contribution in [3.05, 3.63) is 63.1 Å². The van der Waals surface area contributed by atoms with E-state index in [1.807, 2.05) is 0 Å². The Morgan fingerprint density at radius 3 is 2.84 bits per heavy atom. The van der Waals surface area contributed by atoms with E-state index in [2.05, 4.69) is 26.2 Å². The Kier molecular flexibility index (Phi) is 4.50. The van der Waals surface area contributed by atoms with E-state index in [9.17, 15) is 9.18 Å². The van der Waals surface area contributed by atoms with Crippen LogP contribution in [0.4, 0.5) is 4.39 Å². The van der Waals surface area contributed by atoms with Gasteiger partial charge in [-0.05, 0) is 39.7 Å². The summed E-state index contributed by atoms with van der Waals surface area (Å²) < 4.78 is 13.7. The average Bonchev–Trinajstić information content (AvgIpc) is 2.40. The van der Waals surface area contributed by atoms with Crippen LogP contribution in [0.25, 0.3) is 0 Å². The second-order valence-corrected chi connectivity index (χ2v) is 5.15. The lowest BCUT2D eigenvalue weighted by Gasteiger charge is -2.06. The minimum absolute atomic E-state index is 0.0378. The highest BCUT2D eigenvalue weighted by molar-refractivity contribution is 9.10. The Labute approximate surface area is 122 Å². The van der Waals surface area contributed by atoms with E-state index in [1.165, 1.54) is 18.3 Å². The summed E-state index contributed by atoms with van der Waals surface area (Å²) >= 11 is 8.91. The van der Waals surface area contributed by atoms with Crippen LogP contribution in [0.1, 0.15) is 15.9 Å². The Bertz CT molecular complexity index is 621. The minimum atomic E-state index is -0.479. The first-order valence-electron chi connectivity index (χ1n) is 5.39. The molecule has 0 spiro atoms. The van der Waals surface area contributed by atoms with Crippen LogP contribution in [0, 0.1) is 5.82 Å². The molecule has 0 unspecified atom stereocenters. The molecule has 2 rings (SSSR count). The molecule has 6 heteroatoms. The first-order valence-corrected chi connectivity index (χ1v) is 6.56. The number of halogens is 3. The maximum absolute atomic E-state index is 13.0. The van der Waals surface area contributed by atoms with Gasteiger partial charge in [0.1, 0.15) is 5.82 Å². The number of aromatic nitrogens is 1. The monoisotopic (exact) mass is 342 g/mol. The molecule has 0 saturated heterocycles. The van der Waals surface area contributed by atoms with Gasteiger partial charge in [-0.3, -0.25) is 9.78 Å². The van der Waals surface area contributed by atoms with Crippen molar-refractivity contribution in [2.75, 3.05) is 0 Å². The van der Waals surface area contributed by atoms with E-state index in [4.69, 9.17) is 11.6 Å². The Hall–Kier alpha value is -1.46. The molecule has 0 aliphatic carbocycles. The van der Waals surface area contributed by atoms with Crippen molar-refractivity contribution in [1.82, 2.24) is 10.3 Å². The number of pyridine rings is 1. The number of carbonyl (C=O) groups excluding carboxylic acids is 1. The maximum Gasteiger partial charge on any atom is 0.253 e. The molecular weight excluding hydrogens is 335 g/mol. The third kappa shape index (κ3) is 3.75. The van der Waals surface area contributed by atoms with Gasteiger partial charge >= 0.3 is 0 Å². The summed E-state index contributed by atoms with van der Waals surface area (Å²) in [6, 6.07) is 5.99. The van der Waals surface area contributed by atoms with E-state index >= 15 is 0 Å². The van der Waals surface area contributed by atoms with Crippen LogP contribution in [0.15, 0.2) is 41.1 Å². The lowest BCUT2D eigenvalue weighted by atomic mass is 10.2. The zero-order chi connectivity index (χ0) is 13.8. The van der Waals surface area contributed by atoms with E-state index in [1.54, 1.807) is 18.3 Å². The standard InChI is InChI=1S/C13H9BrClFN2O/c14-10-4-9(6-17-7-10)13(19)18-5-8-1-2-12(16)11(15)3-8/h1-4,6-7H,5H2,(H,18,19). The average molecular weight is 344 g/mol. The fourth-order valence-electron chi connectivity index (χ4n) is 1.47. The first-order chi connectivity index (χ1) is 9.06. The van der Waals surface area contributed by atoms with E-state index in [0.717, 1.165) is 10.0 Å². The van der Waals surface area contributed by atoms with Crippen molar-refractivity contribution >= 4 is 33.4 Å². The van der Waals surface area contributed by atoms with E-state index in [0.29, 0.717) is 5.56 Å². The van der Waals surface area contributed by atoms with Gasteiger partial charge in [0.15, 0.2) is 0 Å². The fraction of sp³-hybridized carbons (Fsp3) is 0.0769. The summed E-state index contributed by atoms with van der Waals surface area (Å²) in [4.78, 5) is 15.8. The van der Waals surface area contributed by atoms with Gasteiger partial charge in [0.05, 0.1) is 10.6 Å². The quantitative estimate of drug-likeness (QED) is 0.926. The van der Waals surface area contributed by atoms with Crippen molar-refractivity contribution in [2.45, 2.75) is 6.54 Å². The topological polar surface area (TPSA) is 42.0 Å². The lowest BCUT2D eigenvalue weighted by molar-refractivity contribution is 0.0950. The van der Waals surface area contributed by atoms with Crippen LogP contribution in [-0.2, 0) is 6.54 Å². The SMILES string of the molecule is O=C(NCc1ccc(F)c(Cl)c1)c1cncc(Br)c1. The second-order valence-electron chi connectivity index (χ2n) is 3.82. The summed E-state index contributed by atoms with van der Waals surface area (Å²) in [5.41, 5.74) is 1.17. The molecule has 2 aromatic rings. The van der Waals surface area contributed by atoms with Crippen molar-refractivity contribution in [3.63, 3.8) is 0 Å². The van der Waals surface area contributed by atoms with Crippen LogP contribution < -0.4 is 5.32 Å².